The fourth-order valence-electron chi connectivity index (χ4n) is 2.34. The van der Waals surface area contributed by atoms with Crippen molar-refractivity contribution in [3.05, 3.63) is 53.9 Å². The number of ether oxygens (including phenoxy) is 1. The summed E-state index contributed by atoms with van der Waals surface area (Å²) in [6, 6.07) is 12.7. The average Bonchev–Trinajstić information content (AvgIpc) is 2.85. The first kappa shape index (κ1) is 13.7. The predicted molar refractivity (Wildman–Crippen MR) is 78.3 cm³/mol. The van der Waals surface area contributed by atoms with Crippen molar-refractivity contribution in [3.63, 3.8) is 0 Å². The van der Waals surface area contributed by atoms with E-state index in [-0.39, 0.29) is 0 Å². The van der Waals surface area contributed by atoms with Crippen molar-refractivity contribution < 1.29 is 4.74 Å². The fraction of sp³-hybridized carbons (Fsp3) is 0.375. The Morgan fingerprint density at radius 2 is 2.00 bits per heavy atom. The maximum atomic E-state index is 5.44. The highest BCUT2D eigenvalue weighted by atomic mass is 16.5. The third-order valence-corrected chi connectivity index (χ3v) is 3.50. The van der Waals surface area contributed by atoms with Crippen molar-refractivity contribution in [2.24, 2.45) is 7.05 Å². The Bertz CT molecular complexity index is 519. The van der Waals surface area contributed by atoms with Gasteiger partial charge in [-0.25, -0.2) is 0 Å². The van der Waals surface area contributed by atoms with E-state index in [1.54, 1.807) is 7.11 Å². The minimum absolute atomic E-state index is 0.311. The number of benzene rings is 1. The maximum Gasteiger partial charge on any atom is 0.123 e. The molecule has 1 atom stereocenters. The van der Waals surface area contributed by atoms with E-state index in [0.29, 0.717) is 6.04 Å². The van der Waals surface area contributed by atoms with E-state index < -0.39 is 0 Å². The molecule has 2 aromatic rings. The standard InChI is InChI=1S/C16H22N2O/c1-4-15(14-9-5-6-10-16(14)19-3)17-12-13-8-7-11-18(13)2/h5-11,15,17H,4,12H2,1-3H3. The molecule has 1 aromatic heterocycles. The van der Waals surface area contributed by atoms with Crippen LogP contribution in [-0.2, 0) is 13.6 Å². The minimum atomic E-state index is 0.311. The van der Waals surface area contributed by atoms with E-state index >= 15 is 0 Å². The molecule has 19 heavy (non-hydrogen) atoms. The summed E-state index contributed by atoms with van der Waals surface area (Å²) < 4.78 is 7.58. The van der Waals surface area contributed by atoms with Gasteiger partial charge in [0, 0.05) is 37.1 Å². The molecular weight excluding hydrogens is 236 g/mol. The van der Waals surface area contributed by atoms with Gasteiger partial charge in [0.1, 0.15) is 5.75 Å². The zero-order chi connectivity index (χ0) is 13.7. The number of aromatic nitrogens is 1. The van der Waals surface area contributed by atoms with Crippen molar-refractivity contribution in [1.29, 1.82) is 0 Å². The molecule has 0 bridgehead atoms. The highest BCUT2D eigenvalue weighted by Crippen LogP contribution is 2.27. The normalized spacial score (nSPS) is 12.4. The Balaban J connectivity index is 2.10. The first-order valence-electron chi connectivity index (χ1n) is 6.72. The van der Waals surface area contributed by atoms with Gasteiger partial charge in [0.25, 0.3) is 0 Å². The van der Waals surface area contributed by atoms with E-state index in [0.717, 1.165) is 18.7 Å². The second kappa shape index (κ2) is 6.43. The number of methoxy groups -OCH3 is 1. The first-order chi connectivity index (χ1) is 9.26. The van der Waals surface area contributed by atoms with Gasteiger partial charge >= 0.3 is 0 Å². The molecule has 1 heterocycles. The number of nitrogens with zero attached hydrogens (tertiary/aromatic N) is 1. The van der Waals surface area contributed by atoms with Crippen LogP contribution in [0.1, 0.15) is 30.6 Å². The molecule has 0 radical (unpaired) electrons. The van der Waals surface area contributed by atoms with E-state index in [9.17, 15) is 0 Å². The summed E-state index contributed by atoms with van der Waals surface area (Å²) in [5.41, 5.74) is 2.51. The molecule has 0 spiro atoms. The van der Waals surface area contributed by atoms with E-state index in [1.807, 2.05) is 12.1 Å². The predicted octanol–water partition coefficient (Wildman–Crippen LogP) is 3.27. The quantitative estimate of drug-likeness (QED) is 0.860. The SMILES string of the molecule is CCC(NCc1cccn1C)c1ccccc1OC. The van der Waals surface area contributed by atoms with Crippen LogP contribution < -0.4 is 10.1 Å². The summed E-state index contributed by atoms with van der Waals surface area (Å²) in [6.07, 6.45) is 3.10. The van der Waals surface area contributed by atoms with Crippen molar-refractivity contribution in [1.82, 2.24) is 9.88 Å². The van der Waals surface area contributed by atoms with Gasteiger partial charge in [0.2, 0.25) is 0 Å². The molecule has 0 saturated carbocycles. The molecule has 2 rings (SSSR count). The first-order valence-corrected chi connectivity index (χ1v) is 6.72. The van der Waals surface area contributed by atoms with Crippen LogP contribution in [0.2, 0.25) is 0 Å². The highest BCUT2D eigenvalue weighted by molar-refractivity contribution is 5.35. The van der Waals surface area contributed by atoms with Crippen LogP contribution in [0.4, 0.5) is 0 Å². The average molecular weight is 258 g/mol. The molecule has 1 N–H and O–H groups in total. The van der Waals surface area contributed by atoms with Gasteiger partial charge in [-0.05, 0) is 24.6 Å². The smallest absolute Gasteiger partial charge is 0.123 e. The zero-order valence-electron chi connectivity index (χ0n) is 11.9. The molecule has 1 unspecified atom stereocenters. The van der Waals surface area contributed by atoms with Gasteiger partial charge in [-0.15, -0.1) is 0 Å². The molecule has 0 saturated heterocycles. The number of para-hydroxylation sites is 1. The molecule has 0 aliphatic heterocycles. The number of aryl methyl sites for hydroxylation is 1. The summed E-state index contributed by atoms with van der Waals surface area (Å²) in [7, 11) is 3.80. The lowest BCUT2D eigenvalue weighted by atomic mass is 10.0. The third-order valence-electron chi connectivity index (χ3n) is 3.50. The van der Waals surface area contributed by atoms with Crippen molar-refractivity contribution in [2.45, 2.75) is 25.9 Å². The summed E-state index contributed by atoms with van der Waals surface area (Å²) in [4.78, 5) is 0. The van der Waals surface area contributed by atoms with Crippen molar-refractivity contribution >= 4 is 0 Å². The van der Waals surface area contributed by atoms with Gasteiger partial charge in [-0.3, -0.25) is 0 Å². The topological polar surface area (TPSA) is 26.2 Å². The molecule has 0 amide bonds. The van der Waals surface area contributed by atoms with Crippen LogP contribution in [0.25, 0.3) is 0 Å². The molecule has 0 aliphatic carbocycles. The summed E-state index contributed by atoms with van der Waals surface area (Å²) in [6.45, 7) is 3.05. The molecule has 0 fully saturated rings. The Labute approximate surface area is 115 Å². The van der Waals surface area contributed by atoms with Crippen LogP contribution in [0.3, 0.4) is 0 Å². The number of hydrogen-bond acceptors (Lipinski definition) is 2. The lowest BCUT2D eigenvalue weighted by Crippen LogP contribution is -2.22. The summed E-state index contributed by atoms with van der Waals surface area (Å²) >= 11 is 0. The Hall–Kier alpha value is -1.74. The Kier molecular flexibility index (Phi) is 4.63. The maximum absolute atomic E-state index is 5.44. The minimum Gasteiger partial charge on any atom is -0.496 e. The third kappa shape index (κ3) is 3.18. The van der Waals surface area contributed by atoms with Crippen LogP contribution in [0, 0.1) is 0 Å². The van der Waals surface area contributed by atoms with E-state index in [4.69, 9.17) is 4.74 Å². The van der Waals surface area contributed by atoms with Crippen LogP contribution in [0.15, 0.2) is 42.6 Å². The number of rotatable bonds is 6. The fourth-order valence-corrected chi connectivity index (χ4v) is 2.34. The number of hydrogen-bond donors (Lipinski definition) is 1. The molecule has 102 valence electrons. The highest BCUT2D eigenvalue weighted by Gasteiger charge is 2.13. The van der Waals surface area contributed by atoms with Gasteiger partial charge in [0.05, 0.1) is 7.11 Å². The van der Waals surface area contributed by atoms with Gasteiger partial charge in [-0.2, -0.15) is 0 Å². The van der Waals surface area contributed by atoms with Gasteiger partial charge < -0.3 is 14.6 Å². The van der Waals surface area contributed by atoms with Crippen molar-refractivity contribution in [2.75, 3.05) is 7.11 Å². The second-order valence-corrected chi connectivity index (χ2v) is 4.69. The molecule has 3 nitrogen and oxygen atoms in total. The largest absolute Gasteiger partial charge is 0.496 e. The monoisotopic (exact) mass is 258 g/mol. The van der Waals surface area contributed by atoms with Crippen LogP contribution in [0.5, 0.6) is 5.75 Å². The molecule has 1 aromatic carbocycles. The lowest BCUT2D eigenvalue weighted by molar-refractivity contribution is 0.396. The molecular formula is C16H22N2O. The van der Waals surface area contributed by atoms with Crippen molar-refractivity contribution in [3.8, 4) is 5.75 Å². The Morgan fingerprint density at radius 1 is 1.21 bits per heavy atom. The lowest BCUT2D eigenvalue weighted by Gasteiger charge is -2.20. The van der Waals surface area contributed by atoms with E-state index in [2.05, 4.69) is 54.3 Å². The number of nitrogens with one attached hydrogen (secondary N) is 1. The summed E-state index contributed by atoms with van der Waals surface area (Å²) in [5.74, 6) is 0.953. The second-order valence-electron chi connectivity index (χ2n) is 4.69. The van der Waals surface area contributed by atoms with Gasteiger partial charge in [0.15, 0.2) is 0 Å². The van der Waals surface area contributed by atoms with E-state index in [1.165, 1.54) is 11.3 Å². The van der Waals surface area contributed by atoms with Crippen LogP contribution >= 0.6 is 0 Å². The zero-order valence-corrected chi connectivity index (χ0v) is 11.9. The molecule has 0 aliphatic rings. The molecule has 3 heteroatoms. The summed E-state index contributed by atoms with van der Waals surface area (Å²) in [5, 5.41) is 3.60. The van der Waals surface area contributed by atoms with Crippen LogP contribution in [-0.4, -0.2) is 11.7 Å². The Morgan fingerprint density at radius 3 is 2.63 bits per heavy atom. The van der Waals surface area contributed by atoms with Gasteiger partial charge in [-0.1, -0.05) is 25.1 Å².